The summed E-state index contributed by atoms with van der Waals surface area (Å²) in [4.78, 5) is 37.4. The third-order valence-corrected chi connectivity index (χ3v) is 4.47. The Morgan fingerprint density at radius 3 is 2.59 bits per heavy atom. The van der Waals surface area contributed by atoms with E-state index in [2.05, 4.69) is 15.0 Å². The van der Waals surface area contributed by atoms with E-state index in [1.165, 1.54) is 18.2 Å². The van der Waals surface area contributed by atoms with Crippen molar-refractivity contribution in [3.63, 3.8) is 0 Å². The van der Waals surface area contributed by atoms with Gasteiger partial charge in [-0.3, -0.25) is 9.59 Å². The molecule has 0 bridgehead atoms. The van der Waals surface area contributed by atoms with Gasteiger partial charge in [0.15, 0.2) is 0 Å². The Labute approximate surface area is 168 Å². The minimum Gasteiger partial charge on any atom is -0.481 e. The fourth-order valence-electron chi connectivity index (χ4n) is 2.95. The number of carboxylic acids is 1. The molecule has 2 aromatic heterocycles. The number of carbonyl (C=O) groups excluding carboxylic acids is 1. The van der Waals surface area contributed by atoms with Crippen molar-refractivity contribution in [1.82, 2.24) is 19.9 Å². The molecule has 2 heterocycles. The molecule has 0 spiro atoms. The molecule has 1 amide bonds. The summed E-state index contributed by atoms with van der Waals surface area (Å²) in [5.41, 5.74) is 12.6. The number of ether oxygens (including phenoxy) is 1. The Morgan fingerprint density at radius 2 is 2.00 bits per heavy atom. The van der Waals surface area contributed by atoms with Crippen molar-refractivity contribution in [1.29, 1.82) is 0 Å². The lowest BCUT2D eigenvalue weighted by molar-refractivity contribution is -0.140. The van der Waals surface area contributed by atoms with Crippen LogP contribution in [0.5, 0.6) is 5.88 Å². The maximum Gasteiger partial charge on any atom is 0.305 e. The van der Waals surface area contributed by atoms with Crippen LogP contribution in [0.2, 0.25) is 0 Å². The van der Waals surface area contributed by atoms with E-state index >= 15 is 0 Å². The highest BCUT2D eigenvalue weighted by molar-refractivity contribution is 5.77. The van der Waals surface area contributed by atoms with E-state index in [1.807, 2.05) is 0 Å². The summed E-state index contributed by atoms with van der Waals surface area (Å²) >= 11 is 0. The van der Waals surface area contributed by atoms with Gasteiger partial charge in [-0.25, -0.2) is 9.97 Å². The topological polar surface area (TPSA) is 158 Å². The molecule has 2 rings (SSSR count). The number of nitrogens with zero attached hydrogens (tertiary/aromatic N) is 4. The molecule has 29 heavy (non-hydrogen) atoms. The Balaban J connectivity index is 1.94. The van der Waals surface area contributed by atoms with Crippen LogP contribution >= 0.6 is 0 Å². The summed E-state index contributed by atoms with van der Waals surface area (Å²) in [5, 5.41) is 9.25. The molecule has 156 valence electrons. The number of anilines is 2. The fourth-order valence-corrected chi connectivity index (χ4v) is 2.95. The van der Waals surface area contributed by atoms with Crippen LogP contribution in [0.3, 0.4) is 0 Å². The van der Waals surface area contributed by atoms with Crippen molar-refractivity contribution < 1.29 is 19.4 Å². The predicted molar refractivity (Wildman–Crippen MR) is 107 cm³/mol. The van der Waals surface area contributed by atoms with Gasteiger partial charge in [-0.2, -0.15) is 4.98 Å². The molecular formula is C19H26N6O4. The van der Waals surface area contributed by atoms with E-state index in [4.69, 9.17) is 16.2 Å². The normalized spacial score (nSPS) is 11.7. The van der Waals surface area contributed by atoms with Gasteiger partial charge in [0.2, 0.25) is 17.7 Å². The molecule has 0 aliphatic carbocycles. The van der Waals surface area contributed by atoms with Gasteiger partial charge in [-0.15, -0.1) is 0 Å². The standard InChI is InChI=1S/C19H26N6O4/c1-25(14(10-18(27)28)12-7-8-16(29-2)22-11-12)17(26)6-4-3-5-13-9-15(20)24-19(21)23-13/h7-9,11,14H,3-6,10H2,1-2H3,(H,27,28)(H4,20,21,23,24). The highest BCUT2D eigenvalue weighted by Crippen LogP contribution is 2.25. The van der Waals surface area contributed by atoms with E-state index in [9.17, 15) is 14.7 Å². The van der Waals surface area contributed by atoms with Crippen molar-refractivity contribution in [2.45, 2.75) is 38.1 Å². The molecule has 0 aliphatic heterocycles. The Bertz CT molecular complexity index is 823. The van der Waals surface area contributed by atoms with Gasteiger partial charge in [0.1, 0.15) is 5.82 Å². The number of amides is 1. The average molecular weight is 402 g/mol. The number of rotatable bonds is 10. The molecule has 1 unspecified atom stereocenters. The van der Waals surface area contributed by atoms with Gasteiger partial charge in [0.05, 0.1) is 19.6 Å². The van der Waals surface area contributed by atoms with E-state index in [0.717, 1.165) is 5.69 Å². The highest BCUT2D eigenvalue weighted by Gasteiger charge is 2.24. The minimum atomic E-state index is -0.996. The summed E-state index contributed by atoms with van der Waals surface area (Å²) in [6.45, 7) is 0. The summed E-state index contributed by atoms with van der Waals surface area (Å²) in [6, 6.07) is 4.40. The number of methoxy groups -OCH3 is 1. The molecule has 10 nitrogen and oxygen atoms in total. The number of unbranched alkanes of at least 4 members (excludes halogenated alkanes) is 1. The zero-order valence-electron chi connectivity index (χ0n) is 16.5. The Kier molecular flexibility index (Phi) is 7.70. The molecule has 5 N–H and O–H groups in total. The first-order valence-corrected chi connectivity index (χ1v) is 9.16. The number of aryl methyl sites for hydroxylation is 1. The second-order valence-corrected chi connectivity index (χ2v) is 6.60. The van der Waals surface area contributed by atoms with Gasteiger partial charge in [0, 0.05) is 37.5 Å². The second-order valence-electron chi connectivity index (χ2n) is 6.60. The molecular weight excluding hydrogens is 376 g/mol. The number of hydrogen-bond donors (Lipinski definition) is 3. The van der Waals surface area contributed by atoms with Gasteiger partial charge in [-0.05, 0) is 24.8 Å². The quantitative estimate of drug-likeness (QED) is 0.500. The molecule has 1 atom stereocenters. The predicted octanol–water partition coefficient (Wildman–Crippen LogP) is 1.43. The maximum atomic E-state index is 12.6. The Hall–Kier alpha value is -3.43. The molecule has 0 fully saturated rings. The van der Waals surface area contributed by atoms with Gasteiger partial charge in [0.25, 0.3) is 0 Å². The SMILES string of the molecule is COc1ccc(C(CC(=O)O)N(C)C(=O)CCCCc2cc(N)nc(N)n2)cn1. The first kappa shape index (κ1) is 21.9. The third kappa shape index (κ3) is 6.59. The van der Waals surface area contributed by atoms with Crippen LogP contribution in [0.15, 0.2) is 24.4 Å². The third-order valence-electron chi connectivity index (χ3n) is 4.47. The first-order chi connectivity index (χ1) is 13.8. The van der Waals surface area contributed by atoms with Crippen LogP contribution in [-0.2, 0) is 16.0 Å². The first-order valence-electron chi connectivity index (χ1n) is 9.16. The number of nitrogen functional groups attached to an aromatic ring is 2. The number of pyridine rings is 1. The van der Waals surface area contributed by atoms with Crippen molar-refractivity contribution in [3.8, 4) is 5.88 Å². The largest absolute Gasteiger partial charge is 0.481 e. The smallest absolute Gasteiger partial charge is 0.305 e. The molecule has 0 saturated carbocycles. The summed E-state index contributed by atoms with van der Waals surface area (Å²) in [5.74, 6) is -0.283. The lowest BCUT2D eigenvalue weighted by atomic mass is 10.0. The van der Waals surface area contributed by atoms with Crippen molar-refractivity contribution in [2.75, 3.05) is 25.6 Å². The number of aliphatic carboxylic acids is 1. The molecule has 0 saturated heterocycles. The maximum absolute atomic E-state index is 12.6. The molecule has 10 heteroatoms. The average Bonchev–Trinajstić information content (AvgIpc) is 2.68. The van der Waals surface area contributed by atoms with Crippen molar-refractivity contribution in [3.05, 3.63) is 35.7 Å². The fraction of sp³-hybridized carbons (Fsp3) is 0.421. The van der Waals surface area contributed by atoms with Crippen molar-refractivity contribution in [2.24, 2.45) is 0 Å². The summed E-state index contributed by atoms with van der Waals surface area (Å²) in [7, 11) is 3.10. The lowest BCUT2D eigenvalue weighted by Gasteiger charge is -2.27. The van der Waals surface area contributed by atoms with Gasteiger partial charge < -0.3 is 26.2 Å². The number of carboxylic acid groups (broad SMARTS) is 1. The van der Waals surface area contributed by atoms with E-state index in [-0.39, 0.29) is 24.7 Å². The van der Waals surface area contributed by atoms with Gasteiger partial charge in [-0.1, -0.05) is 6.07 Å². The van der Waals surface area contributed by atoms with Crippen LogP contribution < -0.4 is 16.2 Å². The molecule has 0 aliphatic rings. The van der Waals surface area contributed by atoms with Crippen LogP contribution in [0.25, 0.3) is 0 Å². The minimum absolute atomic E-state index is 0.125. The highest BCUT2D eigenvalue weighted by atomic mass is 16.5. The monoisotopic (exact) mass is 402 g/mol. The van der Waals surface area contributed by atoms with E-state index in [1.54, 1.807) is 25.2 Å². The van der Waals surface area contributed by atoms with Crippen LogP contribution in [-0.4, -0.2) is 51.0 Å². The van der Waals surface area contributed by atoms with E-state index < -0.39 is 12.0 Å². The van der Waals surface area contributed by atoms with Crippen LogP contribution in [0.4, 0.5) is 11.8 Å². The number of carbonyl (C=O) groups is 2. The van der Waals surface area contributed by atoms with Crippen LogP contribution in [0.1, 0.15) is 43.0 Å². The number of nitrogens with two attached hydrogens (primary N) is 2. The zero-order valence-corrected chi connectivity index (χ0v) is 16.5. The number of aromatic nitrogens is 3. The second kappa shape index (κ2) is 10.2. The summed E-state index contributed by atoms with van der Waals surface area (Å²) < 4.78 is 5.02. The lowest BCUT2D eigenvalue weighted by Crippen LogP contribution is -2.32. The van der Waals surface area contributed by atoms with Crippen LogP contribution in [0, 0.1) is 0 Å². The van der Waals surface area contributed by atoms with E-state index in [0.29, 0.717) is 36.5 Å². The van der Waals surface area contributed by atoms with Crippen molar-refractivity contribution >= 4 is 23.6 Å². The molecule has 2 aromatic rings. The zero-order chi connectivity index (χ0) is 21.4. The molecule has 0 aromatic carbocycles. The van der Waals surface area contributed by atoms with Gasteiger partial charge >= 0.3 is 5.97 Å². The molecule has 0 radical (unpaired) electrons. The summed E-state index contributed by atoms with van der Waals surface area (Å²) in [6.07, 6.45) is 3.55. The Morgan fingerprint density at radius 1 is 1.24 bits per heavy atom. The number of hydrogen-bond acceptors (Lipinski definition) is 8.